The maximum absolute atomic E-state index is 10.9. The number of hydrogen-bond acceptors (Lipinski definition) is 3. The highest BCUT2D eigenvalue weighted by molar-refractivity contribution is 5.74. The molecule has 1 saturated heterocycles. The van der Waals surface area contributed by atoms with Crippen LogP contribution in [0.2, 0.25) is 0 Å². The van der Waals surface area contributed by atoms with E-state index in [0.717, 1.165) is 6.54 Å². The molecule has 0 aromatic heterocycles. The second-order valence-electron chi connectivity index (χ2n) is 4.12. The molecule has 2 N–H and O–H groups in total. The number of nitrogens with zero attached hydrogens (tertiary/aromatic N) is 1. The van der Waals surface area contributed by atoms with Crippen molar-refractivity contribution in [2.45, 2.75) is 26.3 Å². The fourth-order valence-electron chi connectivity index (χ4n) is 1.66. The molecule has 0 aromatic carbocycles. The molecule has 4 nitrogen and oxygen atoms in total. The molecule has 0 spiro atoms. The van der Waals surface area contributed by atoms with Crippen LogP contribution in [0.3, 0.4) is 0 Å². The van der Waals surface area contributed by atoms with Gasteiger partial charge in [-0.3, -0.25) is 9.69 Å². The Kier molecular flexibility index (Phi) is 2.93. The molecule has 0 radical (unpaired) electrons. The van der Waals surface area contributed by atoms with Crippen molar-refractivity contribution < 1.29 is 15.0 Å². The van der Waals surface area contributed by atoms with E-state index in [1.54, 1.807) is 6.92 Å². The fourth-order valence-corrected chi connectivity index (χ4v) is 1.66. The average Bonchev–Trinajstić information content (AvgIpc) is 2.48. The molecule has 4 heteroatoms. The van der Waals surface area contributed by atoms with Gasteiger partial charge in [0.2, 0.25) is 0 Å². The summed E-state index contributed by atoms with van der Waals surface area (Å²) in [4.78, 5) is 12.9. The summed E-state index contributed by atoms with van der Waals surface area (Å²) in [6.45, 7) is 5.08. The van der Waals surface area contributed by atoms with E-state index < -0.39 is 11.4 Å². The lowest BCUT2D eigenvalue weighted by Crippen LogP contribution is -2.37. The summed E-state index contributed by atoms with van der Waals surface area (Å²) in [7, 11) is 0. The van der Waals surface area contributed by atoms with E-state index in [-0.39, 0.29) is 12.6 Å². The summed E-state index contributed by atoms with van der Waals surface area (Å²) in [6, 6.07) is 0.0705. The topological polar surface area (TPSA) is 60.8 Å². The van der Waals surface area contributed by atoms with Gasteiger partial charge in [-0.05, 0) is 26.8 Å². The van der Waals surface area contributed by atoms with E-state index in [9.17, 15) is 4.79 Å². The van der Waals surface area contributed by atoms with Crippen LogP contribution in [0.5, 0.6) is 0 Å². The SMILES string of the molecule is CC(CO)N1CCC(C)(C(=O)O)C1. The first kappa shape index (κ1) is 10.5. The minimum Gasteiger partial charge on any atom is -0.481 e. The first-order valence-electron chi connectivity index (χ1n) is 4.58. The van der Waals surface area contributed by atoms with E-state index in [0.29, 0.717) is 13.0 Å². The molecule has 1 heterocycles. The predicted molar refractivity (Wildman–Crippen MR) is 48.5 cm³/mol. The first-order chi connectivity index (χ1) is 5.99. The van der Waals surface area contributed by atoms with Crippen LogP contribution in [-0.2, 0) is 4.79 Å². The molecule has 1 aliphatic heterocycles. The summed E-state index contributed by atoms with van der Waals surface area (Å²) in [5.74, 6) is -0.736. The van der Waals surface area contributed by atoms with Crippen molar-refractivity contribution in [2.24, 2.45) is 5.41 Å². The minimum absolute atomic E-state index is 0.0705. The number of carboxylic acids is 1. The molecule has 0 aliphatic carbocycles. The Morgan fingerprint density at radius 2 is 2.31 bits per heavy atom. The lowest BCUT2D eigenvalue weighted by molar-refractivity contribution is -0.147. The van der Waals surface area contributed by atoms with Gasteiger partial charge in [-0.25, -0.2) is 0 Å². The third kappa shape index (κ3) is 2.00. The zero-order valence-corrected chi connectivity index (χ0v) is 8.16. The van der Waals surface area contributed by atoms with Crippen molar-refractivity contribution in [3.05, 3.63) is 0 Å². The quantitative estimate of drug-likeness (QED) is 0.661. The minimum atomic E-state index is -0.736. The van der Waals surface area contributed by atoms with Crippen molar-refractivity contribution in [1.82, 2.24) is 4.90 Å². The van der Waals surface area contributed by atoms with Gasteiger partial charge in [0, 0.05) is 12.6 Å². The maximum atomic E-state index is 10.9. The van der Waals surface area contributed by atoms with Crippen LogP contribution >= 0.6 is 0 Å². The molecule has 0 amide bonds. The number of aliphatic carboxylic acids is 1. The van der Waals surface area contributed by atoms with Crippen molar-refractivity contribution in [3.63, 3.8) is 0 Å². The van der Waals surface area contributed by atoms with Gasteiger partial charge in [-0.1, -0.05) is 0 Å². The van der Waals surface area contributed by atoms with Gasteiger partial charge in [0.15, 0.2) is 0 Å². The molecular formula is C9H17NO3. The zero-order valence-electron chi connectivity index (χ0n) is 8.16. The summed E-state index contributed by atoms with van der Waals surface area (Å²) in [5.41, 5.74) is -0.622. The highest BCUT2D eigenvalue weighted by Crippen LogP contribution is 2.30. The van der Waals surface area contributed by atoms with E-state index in [2.05, 4.69) is 0 Å². The summed E-state index contributed by atoms with van der Waals surface area (Å²) < 4.78 is 0. The largest absolute Gasteiger partial charge is 0.481 e. The lowest BCUT2D eigenvalue weighted by Gasteiger charge is -2.24. The molecule has 2 atom stereocenters. The van der Waals surface area contributed by atoms with Gasteiger partial charge in [0.25, 0.3) is 0 Å². The van der Waals surface area contributed by atoms with E-state index in [4.69, 9.17) is 10.2 Å². The number of aliphatic hydroxyl groups is 1. The standard InChI is InChI=1S/C9H17NO3/c1-7(5-11)10-4-3-9(2,6-10)8(12)13/h7,11H,3-6H2,1-2H3,(H,12,13). The van der Waals surface area contributed by atoms with Crippen LogP contribution in [0.25, 0.3) is 0 Å². The summed E-state index contributed by atoms with van der Waals surface area (Å²) in [5, 5.41) is 17.9. The molecule has 1 fully saturated rings. The number of rotatable bonds is 3. The average molecular weight is 187 g/mol. The predicted octanol–water partition coefficient (Wildman–Crippen LogP) is 0.164. The van der Waals surface area contributed by atoms with E-state index in [1.807, 2.05) is 11.8 Å². The number of carbonyl (C=O) groups is 1. The van der Waals surface area contributed by atoms with Crippen molar-refractivity contribution >= 4 is 5.97 Å². The lowest BCUT2D eigenvalue weighted by atomic mass is 9.90. The summed E-state index contributed by atoms with van der Waals surface area (Å²) in [6.07, 6.45) is 0.673. The molecule has 13 heavy (non-hydrogen) atoms. The number of likely N-dealkylation sites (tertiary alicyclic amines) is 1. The molecule has 2 unspecified atom stereocenters. The second kappa shape index (κ2) is 3.64. The van der Waals surface area contributed by atoms with Crippen molar-refractivity contribution in [1.29, 1.82) is 0 Å². The van der Waals surface area contributed by atoms with Crippen molar-refractivity contribution in [3.8, 4) is 0 Å². The van der Waals surface area contributed by atoms with Gasteiger partial charge < -0.3 is 10.2 Å². The first-order valence-corrected chi connectivity index (χ1v) is 4.58. The van der Waals surface area contributed by atoms with Gasteiger partial charge in [-0.2, -0.15) is 0 Å². The third-order valence-corrected chi connectivity index (χ3v) is 2.91. The molecule has 0 saturated carbocycles. The Labute approximate surface area is 78.2 Å². The molecular weight excluding hydrogens is 170 g/mol. The fraction of sp³-hybridized carbons (Fsp3) is 0.889. The normalized spacial score (nSPS) is 31.9. The van der Waals surface area contributed by atoms with Crippen molar-refractivity contribution in [2.75, 3.05) is 19.7 Å². The van der Waals surface area contributed by atoms with E-state index in [1.165, 1.54) is 0 Å². The third-order valence-electron chi connectivity index (χ3n) is 2.91. The number of carboxylic acid groups (broad SMARTS) is 1. The Balaban J connectivity index is 2.58. The van der Waals surface area contributed by atoms with Gasteiger partial charge in [0.1, 0.15) is 0 Å². The Hall–Kier alpha value is -0.610. The van der Waals surface area contributed by atoms with Crippen LogP contribution in [0, 0.1) is 5.41 Å². The maximum Gasteiger partial charge on any atom is 0.310 e. The van der Waals surface area contributed by atoms with Gasteiger partial charge in [-0.15, -0.1) is 0 Å². The highest BCUT2D eigenvalue weighted by atomic mass is 16.4. The summed E-state index contributed by atoms with van der Waals surface area (Å²) >= 11 is 0. The number of hydrogen-bond donors (Lipinski definition) is 2. The highest BCUT2D eigenvalue weighted by Gasteiger charge is 2.41. The monoisotopic (exact) mass is 187 g/mol. The van der Waals surface area contributed by atoms with Crippen LogP contribution in [0.15, 0.2) is 0 Å². The molecule has 1 rings (SSSR count). The van der Waals surface area contributed by atoms with E-state index >= 15 is 0 Å². The zero-order chi connectivity index (χ0) is 10.1. The van der Waals surface area contributed by atoms with Crippen LogP contribution in [0.4, 0.5) is 0 Å². The van der Waals surface area contributed by atoms with Crippen LogP contribution in [0.1, 0.15) is 20.3 Å². The Morgan fingerprint density at radius 1 is 1.69 bits per heavy atom. The number of aliphatic hydroxyl groups excluding tert-OH is 1. The smallest absolute Gasteiger partial charge is 0.310 e. The molecule has 0 aromatic rings. The Morgan fingerprint density at radius 3 is 2.69 bits per heavy atom. The van der Waals surface area contributed by atoms with Crippen LogP contribution in [-0.4, -0.2) is 46.8 Å². The second-order valence-corrected chi connectivity index (χ2v) is 4.12. The van der Waals surface area contributed by atoms with Gasteiger partial charge >= 0.3 is 5.97 Å². The molecule has 1 aliphatic rings. The van der Waals surface area contributed by atoms with Gasteiger partial charge in [0.05, 0.1) is 12.0 Å². The van der Waals surface area contributed by atoms with Crippen LogP contribution < -0.4 is 0 Å². The molecule has 0 bridgehead atoms. The Bertz CT molecular complexity index is 207. The molecule has 76 valence electrons.